The monoisotopic (exact) mass is 382 g/mol. The third-order valence-corrected chi connectivity index (χ3v) is 6.42. The van der Waals surface area contributed by atoms with E-state index in [1.165, 1.54) is 16.8 Å². The van der Waals surface area contributed by atoms with Crippen LogP contribution < -0.4 is 4.90 Å². The van der Waals surface area contributed by atoms with Crippen LogP contribution in [0.15, 0.2) is 42.5 Å². The fourth-order valence-corrected chi connectivity index (χ4v) is 5.00. The molecule has 2 bridgehead atoms. The molecule has 2 aromatic rings. The highest BCUT2D eigenvalue weighted by molar-refractivity contribution is 6.30. The van der Waals surface area contributed by atoms with Gasteiger partial charge >= 0.3 is 0 Å². The fraction of sp³-hybridized carbons (Fsp3) is 0.409. The lowest BCUT2D eigenvalue weighted by atomic mass is 9.95. The lowest BCUT2D eigenvalue weighted by molar-refractivity contribution is 0.0620. The SMILES string of the molecule is O=C(c1cccc(Cl)c1)N1CC[C@@H]2C[C@@H]1c1cc(N3CCOCC3)ccc12. The smallest absolute Gasteiger partial charge is 0.254 e. The molecule has 3 aliphatic rings. The first-order chi connectivity index (χ1) is 13.2. The molecule has 1 aliphatic carbocycles. The summed E-state index contributed by atoms with van der Waals surface area (Å²) in [6, 6.07) is 14.3. The third-order valence-electron chi connectivity index (χ3n) is 6.18. The molecule has 0 saturated carbocycles. The molecule has 1 amide bonds. The maximum absolute atomic E-state index is 13.2. The standard InChI is InChI=1S/C22H23ClN2O2/c23-17-3-1-2-16(12-17)22(26)25-7-6-15-13-21(25)20-14-18(4-5-19(15)20)24-8-10-27-11-9-24/h1-5,12,14-15,21H,6-11,13H2/t15-,21-/m1/s1. The number of hydrogen-bond acceptors (Lipinski definition) is 3. The van der Waals surface area contributed by atoms with Gasteiger partial charge in [0.25, 0.3) is 5.91 Å². The van der Waals surface area contributed by atoms with Crippen molar-refractivity contribution in [3.8, 4) is 0 Å². The van der Waals surface area contributed by atoms with Gasteiger partial charge in [0.1, 0.15) is 0 Å². The lowest BCUT2D eigenvalue weighted by Gasteiger charge is -2.34. The Morgan fingerprint density at radius 1 is 1.04 bits per heavy atom. The van der Waals surface area contributed by atoms with Crippen molar-refractivity contribution in [2.24, 2.45) is 0 Å². The minimum atomic E-state index is 0.0885. The zero-order valence-electron chi connectivity index (χ0n) is 15.2. The molecule has 2 heterocycles. The number of ether oxygens (including phenoxy) is 1. The topological polar surface area (TPSA) is 32.8 Å². The van der Waals surface area contributed by atoms with Crippen LogP contribution in [0.1, 0.15) is 46.3 Å². The number of anilines is 1. The van der Waals surface area contributed by atoms with Crippen LogP contribution in [0.2, 0.25) is 5.02 Å². The van der Waals surface area contributed by atoms with Gasteiger partial charge in [-0.2, -0.15) is 0 Å². The summed E-state index contributed by atoms with van der Waals surface area (Å²) in [6.07, 6.45) is 2.07. The number of piperidine rings is 1. The molecular weight excluding hydrogens is 360 g/mol. The molecule has 0 unspecified atom stereocenters. The number of benzene rings is 2. The average Bonchev–Trinajstić information content (AvgIpc) is 3.00. The first-order valence-corrected chi connectivity index (χ1v) is 10.1. The highest BCUT2D eigenvalue weighted by Crippen LogP contribution is 2.50. The summed E-state index contributed by atoms with van der Waals surface area (Å²) in [5, 5.41) is 0.608. The second-order valence-electron chi connectivity index (χ2n) is 7.66. The summed E-state index contributed by atoms with van der Waals surface area (Å²) in [7, 11) is 0. The number of fused-ring (bicyclic) bond motifs is 5. The molecule has 5 rings (SSSR count). The predicted octanol–water partition coefficient (Wildman–Crippen LogP) is 4.25. The van der Waals surface area contributed by atoms with E-state index in [2.05, 4.69) is 28.0 Å². The highest BCUT2D eigenvalue weighted by atomic mass is 35.5. The van der Waals surface area contributed by atoms with E-state index >= 15 is 0 Å². The Bertz CT molecular complexity index is 878. The van der Waals surface area contributed by atoms with Crippen LogP contribution in [0.25, 0.3) is 0 Å². The van der Waals surface area contributed by atoms with Crippen LogP contribution >= 0.6 is 11.6 Å². The normalized spacial score (nSPS) is 24.0. The Hall–Kier alpha value is -2.04. The minimum Gasteiger partial charge on any atom is -0.378 e. The number of rotatable bonds is 2. The maximum atomic E-state index is 13.2. The van der Waals surface area contributed by atoms with Crippen molar-refractivity contribution in [2.75, 3.05) is 37.7 Å². The zero-order valence-corrected chi connectivity index (χ0v) is 16.0. The van der Waals surface area contributed by atoms with E-state index < -0.39 is 0 Å². The Kier molecular flexibility index (Phi) is 4.33. The molecule has 0 spiro atoms. The van der Waals surface area contributed by atoms with Crippen molar-refractivity contribution >= 4 is 23.2 Å². The van der Waals surface area contributed by atoms with E-state index in [4.69, 9.17) is 16.3 Å². The molecule has 0 radical (unpaired) electrons. The van der Waals surface area contributed by atoms with Crippen LogP contribution in [0.3, 0.4) is 0 Å². The first kappa shape index (κ1) is 17.1. The molecule has 5 heteroatoms. The Balaban J connectivity index is 1.46. The molecule has 2 saturated heterocycles. The van der Waals surface area contributed by atoms with Gasteiger partial charge in [-0.15, -0.1) is 0 Å². The zero-order chi connectivity index (χ0) is 18.4. The van der Waals surface area contributed by atoms with Crippen LogP contribution in [0, 0.1) is 0 Å². The number of nitrogens with zero attached hydrogens (tertiary/aromatic N) is 2. The van der Waals surface area contributed by atoms with Gasteiger partial charge in [-0.05, 0) is 60.2 Å². The Morgan fingerprint density at radius 2 is 1.89 bits per heavy atom. The quantitative estimate of drug-likeness (QED) is 0.778. The molecule has 140 valence electrons. The van der Waals surface area contributed by atoms with Gasteiger partial charge in [-0.3, -0.25) is 4.79 Å². The Morgan fingerprint density at radius 3 is 2.70 bits per heavy atom. The molecule has 27 heavy (non-hydrogen) atoms. The van der Waals surface area contributed by atoms with Crippen molar-refractivity contribution in [3.05, 3.63) is 64.2 Å². The van der Waals surface area contributed by atoms with E-state index in [9.17, 15) is 4.79 Å². The Labute approximate surface area is 164 Å². The van der Waals surface area contributed by atoms with Crippen LogP contribution in [0.5, 0.6) is 0 Å². The van der Waals surface area contributed by atoms with E-state index in [0.29, 0.717) is 16.5 Å². The lowest BCUT2D eigenvalue weighted by Crippen LogP contribution is -2.38. The first-order valence-electron chi connectivity index (χ1n) is 9.74. The molecule has 2 atom stereocenters. The van der Waals surface area contributed by atoms with Gasteiger partial charge in [-0.1, -0.05) is 23.7 Å². The molecule has 2 aromatic carbocycles. The second-order valence-corrected chi connectivity index (χ2v) is 8.10. The number of amides is 1. The van der Waals surface area contributed by atoms with Gasteiger partial charge in [0, 0.05) is 35.9 Å². The van der Waals surface area contributed by atoms with E-state index in [1.54, 1.807) is 6.07 Å². The van der Waals surface area contributed by atoms with Crippen LogP contribution in [0.4, 0.5) is 5.69 Å². The highest BCUT2D eigenvalue weighted by Gasteiger charge is 2.41. The number of carbonyl (C=O) groups excluding carboxylic acids is 1. The van der Waals surface area contributed by atoms with Gasteiger partial charge < -0.3 is 14.5 Å². The van der Waals surface area contributed by atoms with Crippen molar-refractivity contribution < 1.29 is 9.53 Å². The van der Waals surface area contributed by atoms with Gasteiger partial charge in [0.05, 0.1) is 19.3 Å². The average molecular weight is 383 g/mol. The molecule has 2 aliphatic heterocycles. The van der Waals surface area contributed by atoms with Gasteiger partial charge in [-0.25, -0.2) is 0 Å². The molecule has 0 aromatic heterocycles. The summed E-state index contributed by atoms with van der Waals surface area (Å²) in [5.74, 6) is 0.665. The summed E-state index contributed by atoms with van der Waals surface area (Å²) in [5.41, 5.74) is 4.69. The predicted molar refractivity (Wildman–Crippen MR) is 107 cm³/mol. The van der Waals surface area contributed by atoms with Crippen molar-refractivity contribution in [3.63, 3.8) is 0 Å². The van der Waals surface area contributed by atoms with E-state index in [1.807, 2.05) is 18.2 Å². The number of likely N-dealkylation sites (tertiary alicyclic amines) is 1. The van der Waals surface area contributed by atoms with Crippen molar-refractivity contribution in [1.82, 2.24) is 4.90 Å². The summed E-state index contributed by atoms with van der Waals surface area (Å²) < 4.78 is 5.48. The van der Waals surface area contributed by atoms with Gasteiger partial charge in [0.2, 0.25) is 0 Å². The molecule has 2 fully saturated rings. The van der Waals surface area contributed by atoms with E-state index in [0.717, 1.165) is 45.7 Å². The van der Waals surface area contributed by atoms with Crippen molar-refractivity contribution in [1.29, 1.82) is 0 Å². The second kappa shape index (κ2) is 6.84. The maximum Gasteiger partial charge on any atom is 0.254 e. The summed E-state index contributed by atoms with van der Waals surface area (Å²) in [6.45, 7) is 4.23. The van der Waals surface area contributed by atoms with Crippen LogP contribution in [-0.4, -0.2) is 43.7 Å². The van der Waals surface area contributed by atoms with Crippen molar-refractivity contribution in [2.45, 2.75) is 24.8 Å². The summed E-state index contributed by atoms with van der Waals surface area (Å²) >= 11 is 6.11. The van der Waals surface area contributed by atoms with E-state index in [-0.39, 0.29) is 11.9 Å². The largest absolute Gasteiger partial charge is 0.378 e. The number of hydrogen-bond donors (Lipinski definition) is 0. The molecule has 0 N–H and O–H groups in total. The third kappa shape index (κ3) is 3.01. The molecular formula is C22H23ClN2O2. The fourth-order valence-electron chi connectivity index (χ4n) is 4.81. The summed E-state index contributed by atoms with van der Waals surface area (Å²) in [4.78, 5) is 17.6. The number of carbonyl (C=O) groups is 1. The van der Waals surface area contributed by atoms with Crippen LogP contribution in [-0.2, 0) is 4.74 Å². The molecule has 4 nitrogen and oxygen atoms in total. The number of morpholine rings is 1. The van der Waals surface area contributed by atoms with Gasteiger partial charge in [0.15, 0.2) is 0 Å². The minimum absolute atomic E-state index is 0.0885. The number of halogens is 1.